The fourth-order valence-corrected chi connectivity index (χ4v) is 5.23. The summed E-state index contributed by atoms with van der Waals surface area (Å²) in [5, 5.41) is 2.55. The van der Waals surface area contributed by atoms with Crippen molar-refractivity contribution in [3.8, 4) is 17.0 Å². The second-order valence-electron chi connectivity index (χ2n) is 9.19. The minimum absolute atomic E-state index is 0.0876. The molecule has 0 radical (unpaired) electrons. The van der Waals surface area contributed by atoms with Gasteiger partial charge in [-0.1, -0.05) is 11.3 Å². The Labute approximate surface area is 227 Å². The van der Waals surface area contributed by atoms with Crippen molar-refractivity contribution >= 4 is 38.5 Å². The second kappa shape index (κ2) is 10.0. The summed E-state index contributed by atoms with van der Waals surface area (Å²) in [7, 11) is 0. The van der Waals surface area contributed by atoms with Crippen molar-refractivity contribution in [1.82, 2.24) is 15.3 Å². The number of hydrogen-bond donors (Lipinski definition) is 3. The highest BCUT2D eigenvalue weighted by Gasteiger charge is 2.50. The van der Waals surface area contributed by atoms with Crippen molar-refractivity contribution in [1.29, 1.82) is 0 Å². The summed E-state index contributed by atoms with van der Waals surface area (Å²) >= 11 is 1.12. The fraction of sp³-hybridized carbons (Fsp3) is 0.231. The number of carbonyl (C=O) groups is 2. The molecule has 0 bridgehead atoms. The van der Waals surface area contributed by atoms with E-state index in [-0.39, 0.29) is 33.3 Å². The van der Waals surface area contributed by atoms with Gasteiger partial charge in [-0.05, 0) is 48.5 Å². The number of fused-ring (bicyclic) bond motifs is 2. The average molecular weight is 578 g/mol. The van der Waals surface area contributed by atoms with Gasteiger partial charge in [0, 0.05) is 23.2 Å². The monoisotopic (exact) mass is 577 g/mol. The Morgan fingerprint density at radius 3 is 2.50 bits per heavy atom. The van der Waals surface area contributed by atoms with Crippen LogP contribution < -0.4 is 21.5 Å². The Morgan fingerprint density at radius 1 is 1.12 bits per heavy atom. The van der Waals surface area contributed by atoms with Gasteiger partial charge in [-0.2, -0.15) is 13.2 Å². The second-order valence-corrected chi connectivity index (χ2v) is 10.2. The molecule has 5 rings (SSSR count). The van der Waals surface area contributed by atoms with Crippen molar-refractivity contribution < 1.29 is 36.3 Å². The number of nitrogens with zero attached hydrogens (tertiary/aromatic N) is 2. The highest BCUT2D eigenvalue weighted by atomic mass is 32.1. The normalized spacial score (nSPS) is 17.3. The molecule has 0 aliphatic carbocycles. The third-order valence-electron chi connectivity index (χ3n) is 6.67. The first kappa shape index (κ1) is 27.2. The zero-order valence-corrected chi connectivity index (χ0v) is 21.2. The van der Waals surface area contributed by atoms with Crippen molar-refractivity contribution in [2.24, 2.45) is 5.73 Å². The number of anilines is 1. The summed E-state index contributed by atoms with van der Waals surface area (Å²) in [5.41, 5.74) is 8.91. The van der Waals surface area contributed by atoms with E-state index in [1.165, 1.54) is 30.3 Å². The number of hydrogen-bond acceptors (Lipinski definition) is 7. The van der Waals surface area contributed by atoms with Crippen molar-refractivity contribution in [3.63, 3.8) is 0 Å². The van der Waals surface area contributed by atoms with Crippen LogP contribution in [0.5, 0.6) is 5.75 Å². The Kier molecular flexibility index (Phi) is 6.82. The molecule has 2 atom stereocenters. The minimum Gasteiger partial charge on any atom is -0.489 e. The van der Waals surface area contributed by atoms with Gasteiger partial charge in [0.2, 0.25) is 5.91 Å². The van der Waals surface area contributed by atoms with E-state index in [1.54, 1.807) is 0 Å². The summed E-state index contributed by atoms with van der Waals surface area (Å²) in [6.45, 7) is -2.81. The topological polar surface area (TPSA) is 133 Å². The number of amides is 2. The molecule has 0 unspecified atom stereocenters. The number of nitrogens with one attached hydrogen (secondary N) is 1. The molecule has 8 nitrogen and oxygen atoms in total. The van der Waals surface area contributed by atoms with E-state index >= 15 is 0 Å². The summed E-state index contributed by atoms with van der Waals surface area (Å²) in [4.78, 5) is 33.3. The number of primary amides is 1. The first-order valence-corrected chi connectivity index (χ1v) is 12.6. The lowest BCUT2D eigenvalue weighted by Crippen LogP contribution is -2.44. The predicted molar refractivity (Wildman–Crippen MR) is 137 cm³/mol. The van der Waals surface area contributed by atoms with Gasteiger partial charge >= 0.3 is 6.18 Å². The number of ether oxygens (including phenoxy) is 1. The van der Waals surface area contributed by atoms with E-state index in [9.17, 15) is 31.5 Å². The third kappa shape index (κ3) is 4.78. The maximum Gasteiger partial charge on any atom is 0.398 e. The summed E-state index contributed by atoms with van der Waals surface area (Å²) in [6, 6.07) is 9.97. The smallest absolute Gasteiger partial charge is 0.398 e. The highest BCUT2D eigenvalue weighted by molar-refractivity contribution is 7.22. The molecular formula is C26H20F5N5O3S. The lowest BCUT2D eigenvalue weighted by Gasteiger charge is -2.24. The summed E-state index contributed by atoms with van der Waals surface area (Å²) in [5.74, 6) is -5.03. The molecular weight excluding hydrogens is 557 g/mol. The van der Waals surface area contributed by atoms with Crippen molar-refractivity contribution in [3.05, 3.63) is 71.2 Å². The van der Waals surface area contributed by atoms with Crippen LogP contribution in [-0.4, -0.2) is 47.8 Å². The third-order valence-corrected chi connectivity index (χ3v) is 7.52. The molecule has 14 heteroatoms. The molecule has 0 fully saturated rings. The average Bonchev–Trinajstić information content (AvgIpc) is 3.47. The lowest BCUT2D eigenvalue weighted by atomic mass is 9.81. The number of nitrogens with two attached hydrogens (primary N) is 2. The van der Waals surface area contributed by atoms with Gasteiger partial charge in [0.25, 0.3) is 5.91 Å². The number of nitrogen functional groups attached to an aromatic ring is 1. The van der Waals surface area contributed by atoms with Gasteiger partial charge in [0.05, 0.1) is 15.9 Å². The molecule has 40 heavy (non-hydrogen) atoms. The van der Waals surface area contributed by atoms with Crippen LogP contribution in [-0.2, 0) is 10.2 Å². The number of benzene rings is 2. The molecule has 2 aromatic heterocycles. The SMILES string of the molecule is NC(=O)[C@@]1(CF)COc2c1cc([C@@H](CNC(=O)c1ccc3nc(N)sc3c1)C(F)(F)F)nc2-c1ccc(F)cc1. The van der Waals surface area contributed by atoms with E-state index in [1.807, 2.05) is 0 Å². The first-order chi connectivity index (χ1) is 18.9. The van der Waals surface area contributed by atoms with Crippen LogP contribution in [0.1, 0.15) is 27.5 Å². The van der Waals surface area contributed by atoms with Crippen LogP contribution in [0.2, 0.25) is 0 Å². The lowest BCUT2D eigenvalue weighted by molar-refractivity contribution is -0.149. The standard InChI is InChI=1S/C26H20F5N5O3S/c27-10-25(23(32)38)11-39-21-15(25)8-18(35-20(21)12-1-4-14(28)5-2-12)16(26(29,30)31)9-34-22(37)13-3-6-17-19(7-13)40-24(33)36-17/h1-8,16H,9-11H2,(H2,32,38)(H2,33,36)(H,34,37)/t16-,25+/m1/s1. The maximum absolute atomic E-state index is 14.4. The zero-order chi connectivity index (χ0) is 28.8. The molecule has 0 saturated carbocycles. The molecule has 1 aliphatic heterocycles. The first-order valence-electron chi connectivity index (χ1n) is 11.7. The van der Waals surface area contributed by atoms with Crippen LogP contribution in [0.25, 0.3) is 21.5 Å². The van der Waals surface area contributed by atoms with Gasteiger partial charge in [0.1, 0.15) is 41.9 Å². The number of alkyl halides is 4. The van der Waals surface area contributed by atoms with Gasteiger partial charge in [-0.15, -0.1) is 0 Å². The fourth-order valence-electron chi connectivity index (χ4n) is 4.46. The Balaban J connectivity index is 1.55. The van der Waals surface area contributed by atoms with E-state index in [0.717, 1.165) is 29.5 Å². The minimum atomic E-state index is -4.92. The molecule has 2 aromatic carbocycles. The largest absolute Gasteiger partial charge is 0.489 e. The number of thiazole rings is 1. The van der Waals surface area contributed by atoms with Gasteiger partial charge in [-0.25, -0.2) is 18.7 Å². The number of rotatable bonds is 7. The highest BCUT2D eigenvalue weighted by Crippen LogP contribution is 2.47. The van der Waals surface area contributed by atoms with Crippen LogP contribution in [0, 0.1) is 5.82 Å². The molecule has 5 N–H and O–H groups in total. The van der Waals surface area contributed by atoms with Gasteiger partial charge < -0.3 is 21.5 Å². The van der Waals surface area contributed by atoms with Crippen molar-refractivity contribution in [2.45, 2.75) is 17.5 Å². The quantitative estimate of drug-likeness (QED) is 0.282. The van der Waals surface area contributed by atoms with Crippen molar-refractivity contribution in [2.75, 3.05) is 25.6 Å². The van der Waals surface area contributed by atoms with Gasteiger partial charge in [-0.3, -0.25) is 9.59 Å². The molecule has 0 spiro atoms. The molecule has 1 aliphatic rings. The van der Waals surface area contributed by atoms with E-state index in [4.69, 9.17) is 16.2 Å². The molecule has 4 aromatic rings. The molecule has 3 heterocycles. The maximum atomic E-state index is 14.4. The van der Waals surface area contributed by atoms with Gasteiger partial charge in [0.15, 0.2) is 5.13 Å². The van der Waals surface area contributed by atoms with E-state index < -0.39 is 60.7 Å². The molecule has 0 saturated heterocycles. The van der Waals surface area contributed by atoms with Crippen LogP contribution in [0.4, 0.5) is 27.1 Å². The van der Waals surface area contributed by atoms with Crippen LogP contribution >= 0.6 is 11.3 Å². The molecule has 2 amide bonds. The predicted octanol–water partition coefficient (Wildman–Crippen LogP) is 4.24. The summed E-state index contributed by atoms with van der Waals surface area (Å²) in [6.07, 6.45) is -4.92. The number of pyridine rings is 1. The Hall–Kier alpha value is -4.33. The summed E-state index contributed by atoms with van der Waals surface area (Å²) < 4.78 is 77.1. The van der Waals surface area contributed by atoms with E-state index in [0.29, 0.717) is 10.2 Å². The number of halogens is 5. The zero-order valence-electron chi connectivity index (χ0n) is 20.4. The van der Waals surface area contributed by atoms with Crippen LogP contribution in [0.15, 0.2) is 48.5 Å². The molecule has 208 valence electrons. The Morgan fingerprint density at radius 2 is 1.85 bits per heavy atom. The Bertz CT molecular complexity index is 1630. The number of aromatic nitrogens is 2. The van der Waals surface area contributed by atoms with Crippen LogP contribution in [0.3, 0.4) is 0 Å². The number of carbonyl (C=O) groups excluding carboxylic acids is 2. The van der Waals surface area contributed by atoms with E-state index in [2.05, 4.69) is 15.3 Å².